The average molecular weight is 247 g/mol. The van der Waals surface area contributed by atoms with E-state index < -0.39 is 0 Å². The highest BCUT2D eigenvalue weighted by Gasteiger charge is 2.14. The second-order valence-corrected chi connectivity index (χ2v) is 4.54. The first-order chi connectivity index (χ1) is 8.83. The van der Waals surface area contributed by atoms with Crippen LogP contribution >= 0.6 is 0 Å². The first-order valence-corrected chi connectivity index (χ1v) is 6.27. The molecule has 2 N–H and O–H groups in total. The molecule has 5 nitrogen and oxygen atoms in total. The monoisotopic (exact) mass is 247 g/mol. The zero-order valence-corrected chi connectivity index (χ0v) is 10.3. The van der Waals surface area contributed by atoms with Gasteiger partial charge in [0.1, 0.15) is 5.52 Å². The Hall–Kier alpha value is -1.59. The second-order valence-electron chi connectivity index (χ2n) is 4.54. The summed E-state index contributed by atoms with van der Waals surface area (Å²) in [5.41, 5.74) is 8.06. The zero-order chi connectivity index (χ0) is 12.4. The van der Waals surface area contributed by atoms with E-state index in [1.165, 1.54) is 0 Å². The number of para-hydroxylation sites is 1. The van der Waals surface area contributed by atoms with Gasteiger partial charge in [-0.1, -0.05) is 6.07 Å². The van der Waals surface area contributed by atoms with E-state index in [1.54, 1.807) is 0 Å². The van der Waals surface area contributed by atoms with E-state index in [2.05, 4.69) is 9.88 Å². The molecule has 18 heavy (non-hydrogen) atoms. The summed E-state index contributed by atoms with van der Waals surface area (Å²) < 4.78 is 11.1. The maximum Gasteiger partial charge on any atom is 0.209 e. The predicted octanol–water partition coefficient (Wildman–Crippen LogP) is 1.63. The van der Waals surface area contributed by atoms with Crippen molar-refractivity contribution >= 4 is 16.8 Å². The van der Waals surface area contributed by atoms with Crippen LogP contribution < -0.4 is 5.73 Å². The minimum atomic E-state index is 0.668. The van der Waals surface area contributed by atoms with Crippen LogP contribution in [0.1, 0.15) is 12.3 Å². The Kier molecular flexibility index (Phi) is 3.17. The molecule has 0 saturated carbocycles. The topological polar surface area (TPSA) is 64.5 Å². The molecular formula is C13H17N3O2. The fourth-order valence-corrected chi connectivity index (χ4v) is 2.23. The lowest BCUT2D eigenvalue weighted by molar-refractivity contribution is 0.139. The van der Waals surface area contributed by atoms with Crippen molar-refractivity contribution in [2.75, 3.05) is 32.0 Å². The van der Waals surface area contributed by atoms with Crippen molar-refractivity contribution in [2.45, 2.75) is 13.0 Å². The zero-order valence-electron chi connectivity index (χ0n) is 10.3. The molecule has 5 heteroatoms. The van der Waals surface area contributed by atoms with Crippen LogP contribution in [-0.2, 0) is 11.3 Å². The Morgan fingerprint density at radius 3 is 3.11 bits per heavy atom. The molecule has 1 aliphatic rings. The van der Waals surface area contributed by atoms with Gasteiger partial charge >= 0.3 is 0 Å². The first-order valence-electron chi connectivity index (χ1n) is 6.27. The Morgan fingerprint density at radius 1 is 1.28 bits per heavy atom. The highest BCUT2D eigenvalue weighted by Crippen LogP contribution is 2.21. The number of benzene rings is 1. The fraction of sp³-hybridized carbons (Fsp3) is 0.462. The molecule has 0 spiro atoms. The molecule has 96 valence electrons. The van der Waals surface area contributed by atoms with Crippen molar-refractivity contribution in [2.24, 2.45) is 0 Å². The minimum Gasteiger partial charge on any atom is -0.439 e. The molecule has 0 radical (unpaired) electrons. The predicted molar refractivity (Wildman–Crippen MR) is 69.1 cm³/mol. The molecule has 3 rings (SSSR count). The summed E-state index contributed by atoms with van der Waals surface area (Å²) in [4.78, 5) is 6.76. The second kappa shape index (κ2) is 4.96. The molecular weight excluding hydrogens is 230 g/mol. The fourth-order valence-electron chi connectivity index (χ4n) is 2.23. The lowest BCUT2D eigenvalue weighted by Gasteiger charge is -2.16. The summed E-state index contributed by atoms with van der Waals surface area (Å²) in [6.07, 6.45) is 1.06. The maximum absolute atomic E-state index is 5.87. The van der Waals surface area contributed by atoms with E-state index in [-0.39, 0.29) is 0 Å². The standard InChI is InChI=1S/C13H17N3O2/c14-10-3-1-4-11-13(10)15-12(18-11)9-16-5-2-7-17-8-6-16/h1,3-4H,2,5-9,14H2. The number of nitrogen functional groups attached to an aromatic ring is 1. The summed E-state index contributed by atoms with van der Waals surface area (Å²) in [5, 5.41) is 0. The van der Waals surface area contributed by atoms with E-state index in [9.17, 15) is 0 Å². The van der Waals surface area contributed by atoms with Crippen LogP contribution in [0, 0.1) is 0 Å². The molecule has 2 heterocycles. The largest absolute Gasteiger partial charge is 0.439 e. The third-order valence-corrected chi connectivity index (χ3v) is 3.17. The van der Waals surface area contributed by atoms with Crippen LogP contribution in [0.25, 0.3) is 11.1 Å². The number of rotatable bonds is 2. The van der Waals surface area contributed by atoms with Crippen molar-refractivity contribution in [3.05, 3.63) is 24.1 Å². The SMILES string of the molecule is Nc1cccc2oc(CN3CCCOCC3)nc12. The summed E-state index contributed by atoms with van der Waals surface area (Å²) >= 11 is 0. The molecule has 2 aromatic rings. The number of nitrogens with zero attached hydrogens (tertiary/aromatic N) is 2. The molecule has 1 saturated heterocycles. The first kappa shape index (κ1) is 11.5. The van der Waals surface area contributed by atoms with Crippen molar-refractivity contribution in [1.82, 2.24) is 9.88 Å². The average Bonchev–Trinajstić information content (AvgIpc) is 2.60. The van der Waals surface area contributed by atoms with Crippen LogP contribution in [0.5, 0.6) is 0 Å². The van der Waals surface area contributed by atoms with Crippen molar-refractivity contribution in [1.29, 1.82) is 0 Å². The highest BCUT2D eigenvalue weighted by molar-refractivity contribution is 5.85. The Morgan fingerprint density at radius 2 is 2.22 bits per heavy atom. The maximum atomic E-state index is 5.87. The molecule has 0 bridgehead atoms. The number of fused-ring (bicyclic) bond motifs is 1. The van der Waals surface area contributed by atoms with Gasteiger partial charge < -0.3 is 14.9 Å². The van der Waals surface area contributed by atoms with E-state index in [0.717, 1.165) is 56.3 Å². The van der Waals surface area contributed by atoms with E-state index >= 15 is 0 Å². The Bertz CT molecular complexity index is 530. The van der Waals surface area contributed by atoms with Crippen molar-refractivity contribution in [3.63, 3.8) is 0 Å². The molecule has 0 aliphatic carbocycles. The third-order valence-electron chi connectivity index (χ3n) is 3.17. The molecule has 0 amide bonds. The summed E-state index contributed by atoms with van der Waals surface area (Å²) in [6.45, 7) is 4.29. The van der Waals surface area contributed by atoms with E-state index in [4.69, 9.17) is 14.9 Å². The lowest BCUT2D eigenvalue weighted by Crippen LogP contribution is -2.25. The van der Waals surface area contributed by atoms with E-state index in [0.29, 0.717) is 5.69 Å². The van der Waals surface area contributed by atoms with E-state index in [1.807, 2.05) is 18.2 Å². The molecule has 1 aromatic carbocycles. The van der Waals surface area contributed by atoms with Crippen molar-refractivity contribution in [3.8, 4) is 0 Å². The van der Waals surface area contributed by atoms with Crippen LogP contribution in [0.15, 0.2) is 22.6 Å². The number of oxazole rings is 1. The highest BCUT2D eigenvalue weighted by atomic mass is 16.5. The number of aromatic nitrogens is 1. The quantitative estimate of drug-likeness (QED) is 0.817. The Labute approximate surface area is 106 Å². The number of hydrogen-bond donors (Lipinski definition) is 1. The van der Waals surface area contributed by atoms with Gasteiger partial charge in [-0.2, -0.15) is 0 Å². The number of hydrogen-bond acceptors (Lipinski definition) is 5. The van der Waals surface area contributed by atoms with Gasteiger partial charge in [0, 0.05) is 19.7 Å². The number of ether oxygens (including phenoxy) is 1. The van der Waals surface area contributed by atoms with Crippen LogP contribution in [-0.4, -0.2) is 36.2 Å². The van der Waals surface area contributed by atoms with Crippen LogP contribution in [0.4, 0.5) is 5.69 Å². The molecule has 0 atom stereocenters. The third kappa shape index (κ3) is 2.32. The van der Waals surface area contributed by atoms with Gasteiger partial charge in [-0.05, 0) is 18.6 Å². The van der Waals surface area contributed by atoms with Gasteiger partial charge in [0.05, 0.1) is 18.8 Å². The van der Waals surface area contributed by atoms with Gasteiger partial charge in [-0.25, -0.2) is 4.98 Å². The normalized spacial score (nSPS) is 18.0. The van der Waals surface area contributed by atoms with Gasteiger partial charge in [-0.15, -0.1) is 0 Å². The smallest absolute Gasteiger partial charge is 0.209 e. The summed E-state index contributed by atoms with van der Waals surface area (Å²) in [7, 11) is 0. The summed E-state index contributed by atoms with van der Waals surface area (Å²) in [5.74, 6) is 0.727. The molecule has 1 fully saturated rings. The molecule has 1 aliphatic heterocycles. The van der Waals surface area contributed by atoms with Gasteiger partial charge in [0.15, 0.2) is 5.58 Å². The summed E-state index contributed by atoms with van der Waals surface area (Å²) in [6, 6.07) is 5.62. The minimum absolute atomic E-state index is 0.668. The van der Waals surface area contributed by atoms with Crippen LogP contribution in [0.2, 0.25) is 0 Å². The lowest BCUT2D eigenvalue weighted by atomic mass is 10.3. The number of anilines is 1. The Balaban J connectivity index is 1.79. The van der Waals surface area contributed by atoms with Gasteiger partial charge in [0.2, 0.25) is 5.89 Å². The molecule has 0 unspecified atom stereocenters. The van der Waals surface area contributed by atoms with Gasteiger partial charge in [0.25, 0.3) is 0 Å². The van der Waals surface area contributed by atoms with Crippen LogP contribution in [0.3, 0.4) is 0 Å². The van der Waals surface area contributed by atoms with Gasteiger partial charge in [-0.3, -0.25) is 4.90 Å². The number of nitrogens with two attached hydrogens (primary N) is 1. The molecule has 1 aromatic heterocycles. The van der Waals surface area contributed by atoms with Crippen molar-refractivity contribution < 1.29 is 9.15 Å².